The fourth-order valence-corrected chi connectivity index (χ4v) is 3.16. The van der Waals surface area contributed by atoms with Gasteiger partial charge in [0.05, 0.1) is 26.2 Å². The number of hydrogen-bond donors (Lipinski definition) is 1. The second-order valence-electron chi connectivity index (χ2n) is 7.18. The zero-order valence-electron chi connectivity index (χ0n) is 18.5. The first kappa shape index (κ1) is 28.0. The number of hydroxylamine groups is 2. The molecule has 178 valence electrons. The average Bonchev–Trinajstić information content (AvgIpc) is 2.73. The predicted octanol–water partition coefficient (Wildman–Crippen LogP) is 3.21. The van der Waals surface area contributed by atoms with E-state index in [0.29, 0.717) is 36.0 Å². The third kappa shape index (κ3) is 6.05. The van der Waals surface area contributed by atoms with Gasteiger partial charge >= 0.3 is 0 Å². The Kier molecular flexibility index (Phi) is 11.6. The van der Waals surface area contributed by atoms with Gasteiger partial charge in [0.15, 0.2) is 16.9 Å². The molecule has 1 aliphatic heterocycles. The molecule has 1 N–H and O–H groups in total. The normalized spacial score (nSPS) is 25.3. The fraction of sp³-hybridized carbons (Fsp3) is 0.737. The fourth-order valence-electron chi connectivity index (χ4n) is 3.16. The minimum Gasteiger partial charge on any atom is -0.494 e. The van der Waals surface area contributed by atoms with Gasteiger partial charge in [0, 0.05) is 37.8 Å². The molecule has 0 aromatic rings. The molecule has 1 fully saturated rings. The summed E-state index contributed by atoms with van der Waals surface area (Å²) in [6.07, 6.45) is 3.55. The van der Waals surface area contributed by atoms with Crippen LogP contribution in [0.5, 0.6) is 0 Å². The number of β-lactam (4-membered cyclic amide) rings is 1. The maximum atomic E-state index is 11.9. The molecule has 0 bridgehead atoms. The van der Waals surface area contributed by atoms with E-state index in [9.17, 15) is 10.0 Å². The number of rotatable bonds is 14. The second kappa shape index (κ2) is 12.9. The summed E-state index contributed by atoms with van der Waals surface area (Å²) in [6, 6.07) is 0. The minimum absolute atomic E-state index is 0. The molecular formula is C19H31NO10W. The van der Waals surface area contributed by atoms with Crippen LogP contribution in [0.2, 0.25) is 0 Å². The summed E-state index contributed by atoms with van der Waals surface area (Å²) >= 11 is 0. The Balaban J connectivity index is 0.00000480. The summed E-state index contributed by atoms with van der Waals surface area (Å²) < 4.78 is 5.91. The second-order valence-corrected chi connectivity index (χ2v) is 7.18. The third-order valence-corrected chi connectivity index (χ3v) is 4.71. The summed E-state index contributed by atoms with van der Waals surface area (Å²) in [5.74, 6) is -0.104. The molecule has 31 heavy (non-hydrogen) atoms. The van der Waals surface area contributed by atoms with Gasteiger partial charge < -0.3 is 9.62 Å². The molecule has 1 amide bonds. The molecule has 0 saturated carbocycles. The first-order valence-corrected chi connectivity index (χ1v) is 10.1. The van der Waals surface area contributed by atoms with Crippen LogP contribution in [0.15, 0.2) is 23.2 Å². The molecule has 0 aromatic heterocycles. The van der Waals surface area contributed by atoms with Gasteiger partial charge in [0.25, 0.3) is 5.91 Å². The topological polar surface area (TPSA) is 114 Å². The van der Waals surface area contributed by atoms with Crippen molar-refractivity contribution in [1.29, 1.82) is 0 Å². The van der Waals surface area contributed by atoms with Crippen molar-refractivity contribution in [2.45, 2.75) is 71.4 Å². The van der Waals surface area contributed by atoms with E-state index in [0.717, 1.165) is 12.8 Å². The van der Waals surface area contributed by atoms with Crippen LogP contribution in [-0.2, 0) is 65.3 Å². The summed E-state index contributed by atoms with van der Waals surface area (Å²) in [5, 5.41) is 25.0. The van der Waals surface area contributed by atoms with Crippen molar-refractivity contribution < 1.29 is 70.5 Å². The van der Waals surface area contributed by atoms with Crippen molar-refractivity contribution in [3.05, 3.63) is 23.2 Å². The van der Waals surface area contributed by atoms with E-state index in [2.05, 4.69) is 10.1 Å². The van der Waals surface area contributed by atoms with Crippen LogP contribution in [0, 0.1) is 0 Å². The summed E-state index contributed by atoms with van der Waals surface area (Å²) in [6.45, 7) is 10.1. The first-order valence-electron chi connectivity index (χ1n) is 10.1. The van der Waals surface area contributed by atoms with E-state index in [1.807, 2.05) is 20.8 Å². The van der Waals surface area contributed by atoms with E-state index < -0.39 is 17.0 Å². The van der Waals surface area contributed by atoms with Gasteiger partial charge in [-0.15, -0.1) is 0 Å². The van der Waals surface area contributed by atoms with Gasteiger partial charge in [-0.3, -0.25) is 10.0 Å². The van der Waals surface area contributed by atoms with E-state index in [1.54, 1.807) is 13.8 Å². The SMILES string of the molecule is CCCOOOOC1=C[C@](C)(OOOCCC)C(OCCC)=C(C)C12CC(=O)N2O.[W]. The van der Waals surface area contributed by atoms with E-state index in [1.165, 1.54) is 6.08 Å². The Morgan fingerprint density at radius 1 is 1.03 bits per heavy atom. The van der Waals surface area contributed by atoms with Gasteiger partial charge in [0.2, 0.25) is 0 Å². The standard InChI is InChI=1S/C19H31NO10.W/c1-6-9-23-17-14(4)19(13-16(21)20(19)22)15(26-30-29-25-11-8-3)12-18(17,5)27-28-24-10-7-2;/h12,22H,6-11,13H2,1-5H3;/t18-,19?;/m0./s1. The molecule has 0 radical (unpaired) electrons. The summed E-state index contributed by atoms with van der Waals surface area (Å²) in [7, 11) is 0. The maximum absolute atomic E-state index is 11.9. The minimum atomic E-state index is -1.33. The molecule has 1 heterocycles. The molecule has 1 unspecified atom stereocenters. The molecular weight excluding hydrogens is 586 g/mol. The van der Waals surface area contributed by atoms with Crippen molar-refractivity contribution in [2.24, 2.45) is 0 Å². The van der Waals surface area contributed by atoms with Crippen molar-refractivity contribution >= 4 is 5.91 Å². The number of amides is 1. The van der Waals surface area contributed by atoms with E-state index in [4.69, 9.17) is 29.3 Å². The van der Waals surface area contributed by atoms with Crippen LogP contribution in [0.25, 0.3) is 0 Å². The van der Waals surface area contributed by atoms with E-state index >= 15 is 0 Å². The molecule has 1 aliphatic carbocycles. The molecule has 0 aromatic carbocycles. The van der Waals surface area contributed by atoms with Gasteiger partial charge in [0.1, 0.15) is 5.76 Å². The van der Waals surface area contributed by atoms with Crippen LogP contribution >= 0.6 is 0 Å². The van der Waals surface area contributed by atoms with Gasteiger partial charge in [-0.1, -0.05) is 25.8 Å². The van der Waals surface area contributed by atoms with Crippen LogP contribution < -0.4 is 0 Å². The van der Waals surface area contributed by atoms with Crippen LogP contribution in [0.1, 0.15) is 60.3 Å². The zero-order chi connectivity index (χ0) is 22.2. The van der Waals surface area contributed by atoms with Gasteiger partial charge in [-0.25, -0.2) is 14.8 Å². The van der Waals surface area contributed by atoms with Crippen LogP contribution in [-0.4, -0.2) is 47.1 Å². The Bertz CT molecular complexity index is 658. The van der Waals surface area contributed by atoms with E-state index in [-0.39, 0.29) is 39.9 Å². The average molecular weight is 617 g/mol. The molecule has 12 heteroatoms. The van der Waals surface area contributed by atoms with Crippen LogP contribution in [0.3, 0.4) is 0 Å². The van der Waals surface area contributed by atoms with Gasteiger partial charge in [-0.05, 0) is 38.1 Å². The number of nitrogens with zero attached hydrogens (tertiary/aromatic N) is 1. The molecule has 2 rings (SSSR count). The van der Waals surface area contributed by atoms with Crippen molar-refractivity contribution in [1.82, 2.24) is 5.06 Å². The predicted molar refractivity (Wildman–Crippen MR) is 99.3 cm³/mol. The molecule has 1 spiro atoms. The Labute approximate surface area is 196 Å². The van der Waals surface area contributed by atoms with Crippen molar-refractivity contribution in [3.8, 4) is 0 Å². The Hall–Kier alpha value is -1.04. The smallest absolute Gasteiger partial charge is 0.250 e. The largest absolute Gasteiger partial charge is 0.494 e. The maximum Gasteiger partial charge on any atom is 0.250 e. The number of hydrogen-bond acceptors (Lipinski definition) is 10. The first-order chi connectivity index (χ1) is 14.4. The molecule has 2 atom stereocenters. The molecule has 11 nitrogen and oxygen atoms in total. The van der Waals surface area contributed by atoms with Crippen LogP contribution in [0.4, 0.5) is 0 Å². The summed E-state index contributed by atoms with van der Waals surface area (Å²) in [4.78, 5) is 32.3. The number of carbonyl (C=O) groups is 1. The molecule has 2 aliphatic rings. The Morgan fingerprint density at radius 2 is 1.65 bits per heavy atom. The van der Waals surface area contributed by atoms with Gasteiger partial charge in [-0.2, -0.15) is 4.89 Å². The number of carbonyl (C=O) groups excluding carboxylic acids is 1. The van der Waals surface area contributed by atoms with Crippen molar-refractivity contribution in [2.75, 3.05) is 19.8 Å². The zero-order valence-corrected chi connectivity index (χ0v) is 21.4. The molecule has 1 saturated heterocycles. The monoisotopic (exact) mass is 617 g/mol. The number of ether oxygens (including phenoxy) is 1. The third-order valence-electron chi connectivity index (χ3n) is 4.71. The summed E-state index contributed by atoms with van der Waals surface area (Å²) in [5.41, 5.74) is -2.16. The van der Waals surface area contributed by atoms with Crippen molar-refractivity contribution in [3.63, 3.8) is 0 Å². The Morgan fingerprint density at radius 3 is 2.19 bits per heavy atom. The quantitative estimate of drug-likeness (QED) is 0.103.